The predicted octanol–water partition coefficient (Wildman–Crippen LogP) is 3.25. The highest BCUT2D eigenvalue weighted by Crippen LogP contribution is 2.19. The van der Waals surface area contributed by atoms with Gasteiger partial charge in [0.25, 0.3) is 0 Å². The first-order valence-corrected chi connectivity index (χ1v) is 7.41. The molecule has 0 radical (unpaired) electrons. The number of primary amides is 1. The molecule has 0 unspecified atom stereocenters. The summed E-state index contributed by atoms with van der Waals surface area (Å²) in [6.07, 6.45) is 1.00. The van der Waals surface area contributed by atoms with Crippen LogP contribution in [0.3, 0.4) is 0 Å². The summed E-state index contributed by atoms with van der Waals surface area (Å²) >= 11 is 1.52. The molecule has 1 aromatic heterocycles. The quantitative estimate of drug-likeness (QED) is 0.822. The molecule has 2 aromatic rings. The standard InChI is InChI=1S/C15H18N2O2S/c1-2-7-19-13-5-3-12(4-6-13)17-9-14-8-11(10-20-14)15(16)18/h3-6,8,10,17H,2,7,9H2,1H3,(H2,16,18). The van der Waals surface area contributed by atoms with E-state index in [1.807, 2.05) is 30.3 Å². The van der Waals surface area contributed by atoms with Crippen LogP contribution in [0.25, 0.3) is 0 Å². The van der Waals surface area contributed by atoms with Gasteiger partial charge >= 0.3 is 0 Å². The number of nitrogens with one attached hydrogen (secondary N) is 1. The molecular formula is C15H18N2O2S. The van der Waals surface area contributed by atoms with Crippen LogP contribution in [0.5, 0.6) is 5.75 Å². The monoisotopic (exact) mass is 290 g/mol. The highest BCUT2D eigenvalue weighted by molar-refractivity contribution is 7.10. The Hall–Kier alpha value is -2.01. The van der Waals surface area contributed by atoms with Crippen LogP contribution in [0.4, 0.5) is 5.69 Å². The number of hydrogen-bond acceptors (Lipinski definition) is 4. The molecule has 0 atom stereocenters. The molecule has 2 rings (SSSR count). The first-order chi connectivity index (χ1) is 9.69. The summed E-state index contributed by atoms with van der Waals surface area (Å²) in [6, 6.07) is 9.67. The first kappa shape index (κ1) is 14.4. The molecule has 0 aliphatic rings. The van der Waals surface area contributed by atoms with Crippen molar-refractivity contribution in [1.29, 1.82) is 0 Å². The average Bonchev–Trinajstić information content (AvgIpc) is 2.93. The maximum atomic E-state index is 11.0. The first-order valence-electron chi connectivity index (χ1n) is 6.53. The second kappa shape index (κ2) is 6.96. The Morgan fingerprint density at radius 1 is 1.35 bits per heavy atom. The number of hydrogen-bond donors (Lipinski definition) is 2. The molecule has 20 heavy (non-hydrogen) atoms. The lowest BCUT2D eigenvalue weighted by molar-refractivity contribution is 0.100. The summed E-state index contributed by atoms with van der Waals surface area (Å²) in [5, 5.41) is 5.08. The molecule has 1 amide bonds. The van der Waals surface area contributed by atoms with Gasteiger partial charge in [-0.05, 0) is 36.8 Å². The van der Waals surface area contributed by atoms with Gasteiger partial charge in [-0.3, -0.25) is 4.79 Å². The molecule has 0 spiro atoms. The van der Waals surface area contributed by atoms with Crippen molar-refractivity contribution < 1.29 is 9.53 Å². The van der Waals surface area contributed by atoms with Gasteiger partial charge in [0.1, 0.15) is 5.75 Å². The van der Waals surface area contributed by atoms with Gasteiger partial charge in [-0.15, -0.1) is 11.3 Å². The minimum Gasteiger partial charge on any atom is -0.494 e. The summed E-state index contributed by atoms with van der Waals surface area (Å²) in [5.41, 5.74) is 6.81. The summed E-state index contributed by atoms with van der Waals surface area (Å²) in [4.78, 5) is 12.1. The third-order valence-corrected chi connectivity index (χ3v) is 3.67. The van der Waals surface area contributed by atoms with Crippen molar-refractivity contribution in [1.82, 2.24) is 0 Å². The van der Waals surface area contributed by atoms with Crippen LogP contribution in [0, 0.1) is 0 Å². The van der Waals surface area contributed by atoms with Crippen LogP contribution in [0.15, 0.2) is 35.7 Å². The van der Waals surface area contributed by atoms with Gasteiger partial charge in [-0.1, -0.05) is 6.92 Å². The highest BCUT2D eigenvalue weighted by Gasteiger charge is 2.04. The maximum Gasteiger partial charge on any atom is 0.249 e. The summed E-state index contributed by atoms with van der Waals surface area (Å²) in [7, 11) is 0. The lowest BCUT2D eigenvalue weighted by Crippen LogP contribution is -2.09. The van der Waals surface area contributed by atoms with E-state index < -0.39 is 0 Å². The number of thiophene rings is 1. The molecule has 1 aromatic carbocycles. The number of carbonyl (C=O) groups excluding carboxylic acids is 1. The Balaban J connectivity index is 1.88. The zero-order chi connectivity index (χ0) is 14.4. The predicted molar refractivity (Wildman–Crippen MR) is 82.4 cm³/mol. The Kier molecular flexibility index (Phi) is 5.01. The second-order valence-electron chi connectivity index (χ2n) is 4.39. The minimum atomic E-state index is -0.384. The highest BCUT2D eigenvalue weighted by atomic mass is 32.1. The van der Waals surface area contributed by atoms with Crippen LogP contribution in [-0.2, 0) is 6.54 Å². The molecule has 5 heteroatoms. The largest absolute Gasteiger partial charge is 0.494 e. The van der Waals surface area contributed by atoms with Gasteiger partial charge in [0.2, 0.25) is 5.91 Å². The molecule has 0 aliphatic heterocycles. The van der Waals surface area contributed by atoms with E-state index in [1.54, 1.807) is 5.38 Å². The Labute approximate surface area is 122 Å². The molecule has 0 bridgehead atoms. The maximum absolute atomic E-state index is 11.0. The van der Waals surface area contributed by atoms with Crippen LogP contribution in [-0.4, -0.2) is 12.5 Å². The molecule has 3 N–H and O–H groups in total. The van der Waals surface area contributed by atoms with Crippen molar-refractivity contribution in [2.45, 2.75) is 19.9 Å². The number of carbonyl (C=O) groups is 1. The van der Waals surface area contributed by atoms with Crippen LogP contribution < -0.4 is 15.8 Å². The molecule has 0 fully saturated rings. The van der Waals surface area contributed by atoms with Crippen molar-refractivity contribution >= 4 is 22.9 Å². The van der Waals surface area contributed by atoms with Gasteiger partial charge in [0.15, 0.2) is 0 Å². The molecule has 0 saturated carbocycles. The molecule has 106 valence electrons. The summed E-state index contributed by atoms with van der Waals surface area (Å²) in [5.74, 6) is 0.495. The van der Waals surface area contributed by atoms with Crippen LogP contribution in [0.2, 0.25) is 0 Å². The topological polar surface area (TPSA) is 64.3 Å². The van der Waals surface area contributed by atoms with Crippen LogP contribution in [0.1, 0.15) is 28.6 Å². The third-order valence-electron chi connectivity index (χ3n) is 2.73. The number of nitrogens with two attached hydrogens (primary N) is 1. The van der Waals surface area contributed by atoms with Crippen LogP contribution >= 0.6 is 11.3 Å². The minimum absolute atomic E-state index is 0.384. The fourth-order valence-electron chi connectivity index (χ4n) is 1.68. The number of amides is 1. The molecule has 0 saturated heterocycles. The Bertz CT molecular complexity index is 564. The van der Waals surface area contributed by atoms with Gasteiger partial charge < -0.3 is 15.8 Å². The van der Waals surface area contributed by atoms with E-state index in [4.69, 9.17) is 10.5 Å². The van der Waals surface area contributed by atoms with E-state index in [2.05, 4.69) is 12.2 Å². The fourth-order valence-corrected chi connectivity index (χ4v) is 2.49. The molecule has 4 nitrogen and oxygen atoms in total. The van der Waals surface area contributed by atoms with E-state index in [9.17, 15) is 4.79 Å². The van der Waals surface area contributed by atoms with Gasteiger partial charge in [-0.2, -0.15) is 0 Å². The SMILES string of the molecule is CCCOc1ccc(NCc2cc(C(N)=O)cs2)cc1. The van der Waals surface area contributed by atoms with E-state index in [-0.39, 0.29) is 5.91 Å². The number of benzene rings is 1. The zero-order valence-electron chi connectivity index (χ0n) is 11.4. The average molecular weight is 290 g/mol. The van der Waals surface area contributed by atoms with Gasteiger partial charge in [-0.25, -0.2) is 0 Å². The molecule has 1 heterocycles. The fraction of sp³-hybridized carbons (Fsp3) is 0.267. The molecule has 0 aliphatic carbocycles. The number of rotatable bonds is 7. The Morgan fingerprint density at radius 2 is 2.10 bits per heavy atom. The van der Waals surface area contributed by atoms with Crippen molar-refractivity contribution in [2.24, 2.45) is 5.73 Å². The second-order valence-corrected chi connectivity index (χ2v) is 5.39. The zero-order valence-corrected chi connectivity index (χ0v) is 12.2. The third kappa shape index (κ3) is 3.99. The summed E-state index contributed by atoms with van der Waals surface area (Å²) < 4.78 is 5.53. The van der Waals surface area contributed by atoms with Crippen molar-refractivity contribution in [3.63, 3.8) is 0 Å². The van der Waals surface area contributed by atoms with E-state index >= 15 is 0 Å². The lowest BCUT2D eigenvalue weighted by atomic mass is 10.3. The number of anilines is 1. The van der Waals surface area contributed by atoms with Gasteiger partial charge in [0, 0.05) is 22.5 Å². The smallest absolute Gasteiger partial charge is 0.249 e. The molecular weight excluding hydrogens is 272 g/mol. The van der Waals surface area contributed by atoms with Crippen molar-refractivity contribution in [3.05, 3.63) is 46.2 Å². The normalized spacial score (nSPS) is 10.2. The van der Waals surface area contributed by atoms with E-state index in [0.29, 0.717) is 12.1 Å². The summed E-state index contributed by atoms with van der Waals surface area (Å²) in [6.45, 7) is 3.49. The lowest BCUT2D eigenvalue weighted by Gasteiger charge is -2.07. The van der Waals surface area contributed by atoms with Gasteiger partial charge in [0.05, 0.1) is 12.2 Å². The van der Waals surface area contributed by atoms with E-state index in [0.717, 1.165) is 29.3 Å². The van der Waals surface area contributed by atoms with Crippen molar-refractivity contribution in [2.75, 3.05) is 11.9 Å². The van der Waals surface area contributed by atoms with Crippen molar-refractivity contribution in [3.8, 4) is 5.75 Å². The van der Waals surface area contributed by atoms with E-state index in [1.165, 1.54) is 11.3 Å². The number of ether oxygens (including phenoxy) is 1. The Morgan fingerprint density at radius 3 is 2.70 bits per heavy atom.